The maximum absolute atomic E-state index is 13.0. The fraction of sp³-hybridized carbons (Fsp3) is 0.381. The van der Waals surface area contributed by atoms with E-state index in [-0.39, 0.29) is 21.4 Å². The summed E-state index contributed by atoms with van der Waals surface area (Å²) < 4.78 is 28.2. The molecule has 6 nitrogen and oxygen atoms in total. The van der Waals surface area contributed by atoms with Crippen LogP contribution in [-0.2, 0) is 10.0 Å². The molecule has 1 heterocycles. The van der Waals surface area contributed by atoms with Gasteiger partial charge in [0.05, 0.1) is 21.2 Å². The molecule has 162 valence electrons. The quantitative estimate of drug-likeness (QED) is 0.709. The van der Waals surface area contributed by atoms with Crippen molar-refractivity contribution >= 4 is 44.8 Å². The minimum atomic E-state index is -3.91. The van der Waals surface area contributed by atoms with E-state index in [2.05, 4.69) is 9.62 Å². The number of amides is 1. The summed E-state index contributed by atoms with van der Waals surface area (Å²) >= 11 is 12.3. The number of aryl methyl sites for hydroxylation is 1. The van der Waals surface area contributed by atoms with Gasteiger partial charge in [-0.25, -0.2) is 8.42 Å². The average Bonchev–Trinajstić information content (AvgIpc) is 2.70. The SMILES string of the molecule is Cc1ccc(NS(=O)(=O)c2ccc(Cl)c(C(=O)N3CCC(N(C)C)CC3)c2)cc1Cl. The summed E-state index contributed by atoms with van der Waals surface area (Å²) in [7, 11) is 0.148. The number of hydrogen-bond acceptors (Lipinski definition) is 4. The predicted molar refractivity (Wildman–Crippen MR) is 121 cm³/mol. The first-order chi connectivity index (χ1) is 14.1. The Labute approximate surface area is 187 Å². The highest BCUT2D eigenvalue weighted by Crippen LogP contribution is 2.27. The van der Waals surface area contributed by atoms with Gasteiger partial charge < -0.3 is 9.80 Å². The zero-order valence-electron chi connectivity index (χ0n) is 17.2. The summed E-state index contributed by atoms with van der Waals surface area (Å²) in [6.07, 6.45) is 1.73. The standard InChI is InChI=1S/C21H25Cl2N3O3S/c1-14-4-5-15(12-20(14)23)24-30(28,29)17-6-7-19(22)18(13-17)21(27)26-10-8-16(9-11-26)25(2)3/h4-7,12-13,16,24H,8-11H2,1-3H3. The first-order valence-corrected chi connectivity index (χ1v) is 11.9. The number of halogens is 2. The lowest BCUT2D eigenvalue weighted by molar-refractivity contribution is 0.0663. The summed E-state index contributed by atoms with van der Waals surface area (Å²) in [6, 6.07) is 9.51. The van der Waals surface area contributed by atoms with Crippen molar-refractivity contribution in [3.63, 3.8) is 0 Å². The first kappa shape index (κ1) is 22.9. The van der Waals surface area contributed by atoms with Crippen LogP contribution in [-0.4, -0.2) is 57.4 Å². The predicted octanol–water partition coefficient (Wildman–Crippen LogP) is 4.27. The van der Waals surface area contributed by atoms with E-state index in [0.717, 1.165) is 18.4 Å². The van der Waals surface area contributed by atoms with E-state index >= 15 is 0 Å². The molecule has 2 aromatic rings. The van der Waals surface area contributed by atoms with Gasteiger partial charge in [-0.15, -0.1) is 0 Å². The van der Waals surface area contributed by atoms with Crippen LogP contribution in [0.3, 0.4) is 0 Å². The van der Waals surface area contributed by atoms with Gasteiger partial charge in [-0.05, 0) is 69.8 Å². The molecule has 0 aromatic heterocycles. The number of rotatable bonds is 5. The number of hydrogen-bond donors (Lipinski definition) is 1. The average molecular weight is 470 g/mol. The van der Waals surface area contributed by atoms with Gasteiger partial charge in [0.1, 0.15) is 0 Å². The van der Waals surface area contributed by atoms with Gasteiger partial charge >= 0.3 is 0 Å². The molecular weight excluding hydrogens is 445 g/mol. The number of sulfonamides is 1. The molecule has 2 aromatic carbocycles. The number of carbonyl (C=O) groups is 1. The summed E-state index contributed by atoms with van der Waals surface area (Å²) in [6.45, 7) is 3.04. The van der Waals surface area contributed by atoms with Gasteiger partial charge in [-0.3, -0.25) is 9.52 Å². The van der Waals surface area contributed by atoms with Crippen molar-refractivity contribution in [1.29, 1.82) is 0 Å². The van der Waals surface area contributed by atoms with Crippen LogP contribution in [0.5, 0.6) is 0 Å². The first-order valence-electron chi connectivity index (χ1n) is 9.62. The van der Waals surface area contributed by atoms with E-state index in [1.54, 1.807) is 23.1 Å². The molecule has 1 saturated heterocycles. The van der Waals surface area contributed by atoms with Crippen molar-refractivity contribution in [2.75, 3.05) is 31.9 Å². The molecule has 3 rings (SSSR count). The van der Waals surface area contributed by atoms with Gasteiger partial charge in [0.2, 0.25) is 0 Å². The van der Waals surface area contributed by atoms with Gasteiger partial charge in [-0.2, -0.15) is 0 Å². The zero-order chi connectivity index (χ0) is 22.1. The van der Waals surface area contributed by atoms with Crippen molar-refractivity contribution in [2.45, 2.75) is 30.7 Å². The van der Waals surface area contributed by atoms with E-state index in [1.807, 2.05) is 21.0 Å². The molecule has 0 unspecified atom stereocenters. The molecule has 0 atom stereocenters. The largest absolute Gasteiger partial charge is 0.338 e. The summed E-state index contributed by atoms with van der Waals surface area (Å²) in [4.78, 5) is 16.9. The Morgan fingerprint density at radius 3 is 2.33 bits per heavy atom. The topological polar surface area (TPSA) is 69.7 Å². The van der Waals surface area contributed by atoms with Crippen molar-refractivity contribution < 1.29 is 13.2 Å². The molecule has 0 spiro atoms. The monoisotopic (exact) mass is 469 g/mol. The molecule has 1 fully saturated rings. The highest BCUT2D eigenvalue weighted by atomic mass is 35.5. The summed E-state index contributed by atoms with van der Waals surface area (Å²) in [5, 5.41) is 0.690. The molecule has 1 aliphatic rings. The van der Waals surface area contributed by atoms with E-state index in [0.29, 0.717) is 29.8 Å². The van der Waals surface area contributed by atoms with Crippen LogP contribution in [0.25, 0.3) is 0 Å². The number of benzene rings is 2. The van der Waals surface area contributed by atoms with Crippen molar-refractivity contribution in [3.8, 4) is 0 Å². The van der Waals surface area contributed by atoms with Crippen LogP contribution in [0.1, 0.15) is 28.8 Å². The lowest BCUT2D eigenvalue weighted by Crippen LogP contribution is -2.44. The Kier molecular flexibility index (Phi) is 6.97. The molecule has 1 aliphatic heterocycles. The van der Waals surface area contributed by atoms with Crippen LogP contribution in [0.15, 0.2) is 41.3 Å². The van der Waals surface area contributed by atoms with E-state index < -0.39 is 10.0 Å². The fourth-order valence-corrected chi connectivity index (χ4v) is 4.92. The smallest absolute Gasteiger partial charge is 0.261 e. The van der Waals surface area contributed by atoms with Crippen LogP contribution in [0.2, 0.25) is 10.0 Å². The molecule has 0 saturated carbocycles. The van der Waals surface area contributed by atoms with Gasteiger partial charge in [0.25, 0.3) is 15.9 Å². The molecule has 0 bridgehead atoms. The van der Waals surface area contributed by atoms with Crippen LogP contribution >= 0.6 is 23.2 Å². The Bertz CT molecular complexity index is 1050. The number of nitrogens with zero attached hydrogens (tertiary/aromatic N) is 2. The number of nitrogens with one attached hydrogen (secondary N) is 1. The maximum atomic E-state index is 13.0. The Balaban J connectivity index is 1.82. The number of anilines is 1. The Morgan fingerprint density at radius 1 is 1.07 bits per heavy atom. The lowest BCUT2D eigenvalue weighted by atomic mass is 10.0. The molecule has 1 N–H and O–H groups in total. The number of piperidine rings is 1. The van der Waals surface area contributed by atoms with Crippen LogP contribution < -0.4 is 4.72 Å². The van der Waals surface area contributed by atoms with Gasteiger partial charge in [0, 0.05) is 24.2 Å². The van der Waals surface area contributed by atoms with Crippen LogP contribution in [0, 0.1) is 6.92 Å². The van der Waals surface area contributed by atoms with Crippen molar-refractivity contribution in [1.82, 2.24) is 9.80 Å². The second kappa shape index (κ2) is 9.14. The number of likely N-dealkylation sites (tertiary alicyclic amines) is 1. The van der Waals surface area contributed by atoms with E-state index in [9.17, 15) is 13.2 Å². The third-order valence-electron chi connectivity index (χ3n) is 5.38. The minimum absolute atomic E-state index is 0.0323. The zero-order valence-corrected chi connectivity index (χ0v) is 19.5. The third-order valence-corrected chi connectivity index (χ3v) is 7.50. The number of carbonyl (C=O) groups excluding carboxylic acids is 1. The lowest BCUT2D eigenvalue weighted by Gasteiger charge is -2.35. The van der Waals surface area contributed by atoms with Crippen molar-refractivity contribution in [3.05, 3.63) is 57.6 Å². The second-order valence-corrected chi connectivity index (χ2v) is 10.2. The van der Waals surface area contributed by atoms with E-state index in [1.165, 1.54) is 18.2 Å². The highest BCUT2D eigenvalue weighted by molar-refractivity contribution is 7.92. The highest BCUT2D eigenvalue weighted by Gasteiger charge is 2.27. The Hall–Kier alpha value is -1.80. The molecule has 9 heteroatoms. The van der Waals surface area contributed by atoms with Crippen LogP contribution in [0.4, 0.5) is 5.69 Å². The molecule has 30 heavy (non-hydrogen) atoms. The normalized spacial score (nSPS) is 15.5. The minimum Gasteiger partial charge on any atom is -0.338 e. The van der Waals surface area contributed by atoms with Crippen molar-refractivity contribution in [2.24, 2.45) is 0 Å². The maximum Gasteiger partial charge on any atom is 0.261 e. The summed E-state index contributed by atoms with van der Waals surface area (Å²) in [5.41, 5.74) is 1.38. The van der Waals surface area contributed by atoms with E-state index in [4.69, 9.17) is 23.2 Å². The van der Waals surface area contributed by atoms with Gasteiger partial charge in [-0.1, -0.05) is 29.3 Å². The molecule has 1 amide bonds. The third kappa shape index (κ3) is 5.09. The molecule has 0 aliphatic carbocycles. The second-order valence-electron chi connectivity index (χ2n) is 7.70. The molecular formula is C21H25Cl2N3O3S. The summed E-state index contributed by atoms with van der Waals surface area (Å²) in [5.74, 6) is -0.257. The Morgan fingerprint density at radius 2 is 1.73 bits per heavy atom. The fourth-order valence-electron chi connectivity index (χ4n) is 3.46. The van der Waals surface area contributed by atoms with Gasteiger partial charge in [0.15, 0.2) is 0 Å². The molecule has 0 radical (unpaired) electrons.